The Hall–Kier alpha value is -1.07. The van der Waals surface area contributed by atoms with E-state index in [-0.39, 0.29) is 17.7 Å². The molecule has 1 amide bonds. The lowest BCUT2D eigenvalue weighted by Gasteiger charge is -2.11. The van der Waals surface area contributed by atoms with Gasteiger partial charge < -0.3 is 11.1 Å². The van der Waals surface area contributed by atoms with Gasteiger partial charge in [-0.25, -0.2) is 0 Å². The van der Waals surface area contributed by atoms with Crippen molar-refractivity contribution in [2.75, 3.05) is 11.5 Å². The number of carbonyl (C=O) groups is 1. The number of halogens is 1. The van der Waals surface area contributed by atoms with Gasteiger partial charge in [0, 0.05) is 11.7 Å². The number of hydrogen-bond acceptors (Lipinski definition) is 3. The molecule has 0 aliphatic carbocycles. The summed E-state index contributed by atoms with van der Waals surface area (Å²) >= 11 is 5.94. The molecule has 3 N–H and O–H groups in total. The quantitative estimate of drug-likeness (QED) is 0.814. The fraction of sp³-hybridized carbons (Fsp3) is 0.417. The highest BCUT2D eigenvalue weighted by molar-refractivity contribution is 7.85. The minimum absolute atomic E-state index is 0.0800. The first-order valence-corrected chi connectivity index (χ1v) is 7.36. The van der Waals surface area contributed by atoms with Crippen LogP contribution in [0.5, 0.6) is 0 Å². The third-order valence-corrected chi connectivity index (χ3v) is 4.28. The van der Waals surface area contributed by atoms with Crippen LogP contribution in [-0.4, -0.2) is 21.9 Å². The van der Waals surface area contributed by atoms with E-state index < -0.39 is 10.8 Å². The van der Waals surface area contributed by atoms with E-state index in [1.165, 1.54) is 6.07 Å². The van der Waals surface area contributed by atoms with E-state index in [1.54, 1.807) is 12.1 Å². The zero-order chi connectivity index (χ0) is 13.7. The Labute approximate surface area is 114 Å². The Morgan fingerprint density at radius 1 is 1.56 bits per heavy atom. The van der Waals surface area contributed by atoms with Crippen LogP contribution >= 0.6 is 11.6 Å². The minimum atomic E-state index is -1.45. The number of carbonyl (C=O) groups excluding carboxylic acids is 1. The third-order valence-electron chi connectivity index (χ3n) is 2.48. The molecule has 0 saturated carbocycles. The van der Waals surface area contributed by atoms with Crippen LogP contribution in [0.3, 0.4) is 0 Å². The Bertz CT molecular complexity index is 465. The van der Waals surface area contributed by atoms with Crippen molar-refractivity contribution in [2.24, 2.45) is 0 Å². The molecular formula is C12H17ClN2O2S. The molecule has 0 aliphatic rings. The van der Waals surface area contributed by atoms with Gasteiger partial charge in [0.15, 0.2) is 0 Å². The summed E-state index contributed by atoms with van der Waals surface area (Å²) in [6, 6.07) is 4.81. The zero-order valence-corrected chi connectivity index (χ0v) is 12.0. The highest BCUT2D eigenvalue weighted by Crippen LogP contribution is 2.22. The van der Waals surface area contributed by atoms with Crippen molar-refractivity contribution < 1.29 is 9.00 Å². The first kappa shape index (κ1) is 15.0. The van der Waals surface area contributed by atoms with Gasteiger partial charge in [0.05, 0.1) is 20.7 Å². The standard InChI is InChI=1S/C12H17ClN2O2S/c1-3-8(2)15-12(16)7-18(17)11-5-4-9(14)6-10(11)13/h4-6,8H,3,7,14H2,1-2H3,(H,15,16). The number of nitrogen functional groups attached to an aromatic ring is 1. The average molecular weight is 289 g/mol. The molecule has 0 fully saturated rings. The number of hydrogen-bond donors (Lipinski definition) is 2. The number of benzene rings is 1. The summed E-state index contributed by atoms with van der Waals surface area (Å²) in [5, 5.41) is 3.09. The first-order chi connectivity index (χ1) is 8.43. The van der Waals surface area contributed by atoms with E-state index in [2.05, 4.69) is 5.32 Å². The molecule has 0 spiro atoms. The highest BCUT2D eigenvalue weighted by Gasteiger charge is 2.14. The molecule has 100 valence electrons. The summed E-state index contributed by atoms with van der Waals surface area (Å²) < 4.78 is 12.0. The van der Waals surface area contributed by atoms with Crippen LogP contribution in [0.1, 0.15) is 20.3 Å². The molecule has 0 bridgehead atoms. The molecule has 2 unspecified atom stereocenters. The summed E-state index contributed by atoms with van der Waals surface area (Å²) in [5.41, 5.74) is 6.05. The van der Waals surface area contributed by atoms with E-state index in [1.807, 2.05) is 13.8 Å². The normalized spacial score (nSPS) is 13.9. The maximum Gasteiger partial charge on any atom is 0.233 e. The second kappa shape index (κ2) is 6.75. The van der Waals surface area contributed by atoms with Gasteiger partial charge in [0.1, 0.15) is 5.75 Å². The molecule has 0 saturated heterocycles. The largest absolute Gasteiger partial charge is 0.399 e. The van der Waals surface area contributed by atoms with Crippen LogP contribution in [0.4, 0.5) is 5.69 Å². The van der Waals surface area contributed by atoms with Crippen molar-refractivity contribution in [3.63, 3.8) is 0 Å². The predicted octanol–water partition coefficient (Wildman–Crippen LogP) is 1.94. The Kier molecular flexibility index (Phi) is 5.62. The van der Waals surface area contributed by atoms with Crippen LogP contribution in [-0.2, 0) is 15.6 Å². The predicted molar refractivity (Wildman–Crippen MR) is 75.0 cm³/mol. The SMILES string of the molecule is CCC(C)NC(=O)CS(=O)c1ccc(N)cc1Cl. The van der Waals surface area contributed by atoms with Crippen molar-refractivity contribution in [2.45, 2.75) is 31.2 Å². The smallest absolute Gasteiger partial charge is 0.233 e. The zero-order valence-electron chi connectivity index (χ0n) is 10.4. The molecule has 0 heterocycles. The molecule has 1 aromatic carbocycles. The number of nitrogens with two attached hydrogens (primary N) is 1. The van der Waals surface area contributed by atoms with Gasteiger partial charge in [-0.05, 0) is 31.5 Å². The number of nitrogens with one attached hydrogen (secondary N) is 1. The average Bonchev–Trinajstić information content (AvgIpc) is 2.28. The molecular weight excluding hydrogens is 272 g/mol. The van der Waals surface area contributed by atoms with Gasteiger partial charge in [0.2, 0.25) is 5.91 Å². The molecule has 1 rings (SSSR count). The Balaban J connectivity index is 2.68. The maximum absolute atomic E-state index is 12.0. The number of anilines is 1. The van der Waals surface area contributed by atoms with E-state index in [0.717, 1.165) is 6.42 Å². The fourth-order valence-corrected chi connectivity index (χ4v) is 2.74. The molecule has 1 aromatic rings. The summed E-state index contributed by atoms with van der Waals surface area (Å²) in [4.78, 5) is 12.0. The van der Waals surface area contributed by atoms with E-state index in [4.69, 9.17) is 17.3 Å². The Morgan fingerprint density at radius 3 is 2.78 bits per heavy atom. The topological polar surface area (TPSA) is 72.2 Å². The Morgan fingerprint density at radius 2 is 2.22 bits per heavy atom. The lowest BCUT2D eigenvalue weighted by atomic mass is 10.3. The van der Waals surface area contributed by atoms with E-state index in [9.17, 15) is 9.00 Å². The van der Waals surface area contributed by atoms with E-state index in [0.29, 0.717) is 15.6 Å². The monoisotopic (exact) mass is 288 g/mol. The van der Waals surface area contributed by atoms with Gasteiger partial charge in [-0.3, -0.25) is 9.00 Å². The highest BCUT2D eigenvalue weighted by atomic mass is 35.5. The van der Waals surface area contributed by atoms with Gasteiger partial charge >= 0.3 is 0 Å². The summed E-state index contributed by atoms with van der Waals surface area (Å²) in [7, 11) is -1.45. The van der Waals surface area contributed by atoms with E-state index >= 15 is 0 Å². The van der Waals surface area contributed by atoms with Crippen molar-refractivity contribution in [3.8, 4) is 0 Å². The lowest BCUT2D eigenvalue weighted by Crippen LogP contribution is -2.35. The molecule has 18 heavy (non-hydrogen) atoms. The van der Waals surface area contributed by atoms with Crippen LogP contribution in [0.25, 0.3) is 0 Å². The van der Waals surface area contributed by atoms with Crippen LogP contribution in [0.2, 0.25) is 5.02 Å². The van der Waals surface area contributed by atoms with Gasteiger partial charge in [-0.2, -0.15) is 0 Å². The maximum atomic E-state index is 12.0. The molecule has 4 nitrogen and oxygen atoms in total. The lowest BCUT2D eigenvalue weighted by molar-refractivity contribution is -0.119. The van der Waals surface area contributed by atoms with Crippen LogP contribution in [0, 0.1) is 0 Å². The molecule has 0 radical (unpaired) electrons. The fourth-order valence-electron chi connectivity index (χ4n) is 1.32. The summed E-state index contributed by atoms with van der Waals surface area (Å²) in [6.07, 6.45) is 0.834. The molecule has 2 atom stereocenters. The van der Waals surface area contributed by atoms with Crippen molar-refractivity contribution in [1.29, 1.82) is 0 Å². The van der Waals surface area contributed by atoms with Crippen molar-refractivity contribution in [3.05, 3.63) is 23.2 Å². The first-order valence-electron chi connectivity index (χ1n) is 5.66. The number of rotatable bonds is 5. The summed E-state index contributed by atoms with van der Waals surface area (Å²) in [6.45, 7) is 3.87. The van der Waals surface area contributed by atoms with Crippen molar-refractivity contribution in [1.82, 2.24) is 5.32 Å². The van der Waals surface area contributed by atoms with Crippen molar-refractivity contribution >= 4 is 34.0 Å². The minimum Gasteiger partial charge on any atom is -0.399 e. The second-order valence-electron chi connectivity index (χ2n) is 4.06. The van der Waals surface area contributed by atoms with Gasteiger partial charge in [0.25, 0.3) is 0 Å². The van der Waals surface area contributed by atoms with Crippen LogP contribution < -0.4 is 11.1 Å². The number of amides is 1. The second-order valence-corrected chi connectivity index (χ2v) is 5.88. The third kappa shape index (κ3) is 4.31. The molecule has 6 heteroatoms. The summed E-state index contributed by atoms with van der Waals surface area (Å²) in [5.74, 6) is -0.330. The molecule has 0 aliphatic heterocycles. The molecule has 0 aromatic heterocycles. The van der Waals surface area contributed by atoms with Gasteiger partial charge in [-0.15, -0.1) is 0 Å². The van der Waals surface area contributed by atoms with Crippen LogP contribution in [0.15, 0.2) is 23.1 Å². The van der Waals surface area contributed by atoms with Gasteiger partial charge in [-0.1, -0.05) is 18.5 Å².